The Morgan fingerprint density at radius 1 is 1.28 bits per heavy atom. The van der Waals surface area contributed by atoms with E-state index in [0.717, 1.165) is 25.0 Å². The normalized spacial score (nSPS) is 16.2. The molecule has 3 rings (SSSR count). The molecular formula is C20H20N2O3. The Kier molecular flexibility index (Phi) is 5.65. The van der Waals surface area contributed by atoms with Crippen molar-refractivity contribution in [3.8, 4) is 11.8 Å². The molecule has 1 amide bonds. The molecule has 1 aliphatic heterocycles. The van der Waals surface area contributed by atoms with Gasteiger partial charge in [-0.25, -0.2) is 0 Å². The molecule has 128 valence electrons. The maximum Gasteiger partial charge on any atom is 0.251 e. The van der Waals surface area contributed by atoms with Gasteiger partial charge in [-0.3, -0.25) is 4.79 Å². The van der Waals surface area contributed by atoms with Crippen LogP contribution in [0, 0.1) is 11.3 Å². The Balaban J connectivity index is 1.54. The molecule has 5 nitrogen and oxygen atoms in total. The first-order valence-electron chi connectivity index (χ1n) is 8.36. The van der Waals surface area contributed by atoms with Crippen LogP contribution in [0.3, 0.4) is 0 Å². The molecule has 2 aromatic carbocycles. The zero-order valence-electron chi connectivity index (χ0n) is 13.9. The Bertz CT molecular complexity index is 759. The van der Waals surface area contributed by atoms with E-state index in [0.29, 0.717) is 30.0 Å². The van der Waals surface area contributed by atoms with Gasteiger partial charge in [0.15, 0.2) is 0 Å². The van der Waals surface area contributed by atoms with E-state index in [4.69, 9.17) is 14.7 Å². The van der Waals surface area contributed by atoms with Crippen molar-refractivity contribution in [3.05, 3.63) is 65.2 Å². The van der Waals surface area contributed by atoms with Gasteiger partial charge in [0.1, 0.15) is 12.4 Å². The van der Waals surface area contributed by atoms with Gasteiger partial charge in [-0.15, -0.1) is 0 Å². The predicted molar refractivity (Wildman–Crippen MR) is 93.2 cm³/mol. The van der Waals surface area contributed by atoms with Crippen LogP contribution in [0.1, 0.15) is 34.3 Å². The number of hydrogen-bond acceptors (Lipinski definition) is 4. The van der Waals surface area contributed by atoms with Gasteiger partial charge in [0.2, 0.25) is 0 Å². The molecule has 0 aromatic heterocycles. The van der Waals surface area contributed by atoms with Crippen molar-refractivity contribution < 1.29 is 14.3 Å². The van der Waals surface area contributed by atoms with E-state index < -0.39 is 0 Å². The summed E-state index contributed by atoms with van der Waals surface area (Å²) in [5.41, 5.74) is 2.10. The van der Waals surface area contributed by atoms with Gasteiger partial charge in [-0.2, -0.15) is 5.26 Å². The fourth-order valence-corrected chi connectivity index (χ4v) is 2.67. The summed E-state index contributed by atoms with van der Waals surface area (Å²) in [5, 5.41) is 11.7. The molecule has 0 bridgehead atoms. The van der Waals surface area contributed by atoms with E-state index >= 15 is 0 Å². The number of carbonyl (C=O) groups is 1. The fourth-order valence-electron chi connectivity index (χ4n) is 2.67. The third kappa shape index (κ3) is 4.82. The van der Waals surface area contributed by atoms with Crippen molar-refractivity contribution in [2.45, 2.75) is 25.5 Å². The number of amides is 1. The smallest absolute Gasteiger partial charge is 0.251 e. The highest BCUT2D eigenvalue weighted by molar-refractivity contribution is 5.94. The van der Waals surface area contributed by atoms with Crippen LogP contribution in [-0.4, -0.2) is 25.2 Å². The minimum absolute atomic E-state index is 0.147. The highest BCUT2D eigenvalue weighted by atomic mass is 16.5. The molecule has 0 radical (unpaired) electrons. The Hall–Kier alpha value is -2.84. The van der Waals surface area contributed by atoms with Crippen LogP contribution in [-0.2, 0) is 11.3 Å². The third-order valence-corrected chi connectivity index (χ3v) is 4.09. The number of ether oxygens (including phenoxy) is 2. The molecule has 1 N–H and O–H groups in total. The van der Waals surface area contributed by atoms with Crippen molar-refractivity contribution in [3.63, 3.8) is 0 Å². The third-order valence-electron chi connectivity index (χ3n) is 4.09. The lowest BCUT2D eigenvalue weighted by molar-refractivity contribution is 0.0679. The fraction of sp³-hybridized carbons (Fsp3) is 0.300. The van der Waals surface area contributed by atoms with Crippen LogP contribution in [0.15, 0.2) is 48.5 Å². The summed E-state index contributed by atoms with van der Waals surface area (Å²) in [4.78, 5) is 12.3. The SMILES string of the molecule is N#Cc1ccc(CNC(=O)c2cccc(OCC3CCCO3)c2)cc1. The summed E-state index contributed by atoms with van der Waals surface area (Å²) in [6, 6.07) is 16.4. The average molecular weight is 336 g/mol. The molecule has 1 atom stereocenters. The van der Waals surface area contributed by atoms with Crippen molar-refractivity contribution in [1.82, 2.24) is 5.32 Å². The molecule has 25 heavy (non-hydrogen) atoms. The van der Waals surface area contributed by atoms with E-state index in [1.54, 1.807) is 24.3 Å². The van der Waals surface area contributed by atoms with E-state index in [9.17, 15) is 4.79 Å². The van der Waals surface area contributed by atoms with Crippen LogP contribution < -0.4 is 10.1 Å². The topological polar surface area (TPSA) is 71.4 Å². The number of nitrogens with zero attached hydrogens (tertiary/aromatic N) is 1. The first-order chi connectivity index (χ1) is 12.2. The maximum absolute atomic E-state index is 12.3. The first kappa shape index (κ1) is 17.0. The zero-order chi connectivity index (χ0) is 17.5. The van der Waals surface area contributed by atoms with Crippen LogP contribution >= 0.6 is 0 Å². The lowest BCUT2D eigenvalue weighted by Gasteiger charge is -2.12. The maximum atomic E-state index is 12.3. The van der Waals surface area contributed by atoms with Crippen LogP contribution in [0.25, 0.3) is 0 Å². The van der Waals surface area contributed by atoms with E-state index in [2.05, 4.69) is 11.4 Å². The van der Waals surface area contributed by atoms with Gasteiger partial charge in [-0.1, -0.05) is 18.2 Å². The lowest BCUT2D eigenvalue weighted by Crippen LogP contribution is -2.23. The standard InChI is InChI=1S/C20H20N2O3/c21-12-15-6-8-16(9-7-15)13-22-20(23)17-3-1-4-18(11-17)25-14-19-5-2-10-24-19/h1,3-4,6-9,11,19H,2,5,10,13-14H2,(H,22,23). The van der Waals surface area contributed by atoms with Crippen molar-refractivity contribution in [2.24, 2.45) is 0 Å². The second-order valence-electron chi connectivity index (χ2n) is 5.97. The van der Waals surface area contributed by atoms with E-state index in [-0.39, 0.29) is 12.0 Å². The molecule has 5 heteroatoms. The van der Waals surface area contributed by atoms with Crippen molar-refractivity contribution in [2.75, 3.05) is 13.2 Å². The second kappa shape index (κ2) is 8.32. The molecule has 0 aliphatic carbocycles. The van der Waals surface area contributed by atoms with Crippen molar-refractivity contribution >= 4 is 5.91 Å². The van der Waals surface area contributed by atoms with Gasteiger partial charge in [0, 0.05) is 18.7 Å². The summed E-state index contributed by atoms with van der Waals surface area (Å²) < 4.78 is 11.3. The van der Waals surface area contributed by atoms with E-state index in [1.165, 1.54) is 0 Å². The van der Waals surface area contributed by atoms with Gasteiger partial charge < -0.3 is 14.8 Å². The lowest BCUT2D eigenvalue weighted by atomic mass is 10.1. The molecule has 1 unspecified atom stereocenters. The summed E-state index contributed by atoms with van der Waals surface area (Å²) in [6.45, 7) is 1.72. The number of carbonyl (C=O) groups excluding carboxylic acids is 1. The second-order valence-corrected chi connectivity index (χ2v) is 5.97. The quantitative estimate of drug-likeness (QED) is 0.880. The first-order valence-corrected chi connectivity index (χ1v) is 8.36. The number of benzene rings is 2. The molecule has 0 spiro atoms. The largest absolute Gasteiger partial charge is 0.491 e. The van der Waals surface area contributed by atoms with Crippen LogP contribution in [0.4, 0.5) is 0 Å². The molecule has 1 fully saturated rings. The monoisotopic (exact) mass is 336 g/mol. The highest BCUT2D eigenvalue weighted by Gasteiger charge is 2.16. The number of rotatable bonds is 6. The summed E-state index contributed by atoms with van der Waals surface area (Å²) in [5.74, 6) is 0.508. The van der Waals surface area contributed by atoms with Crippen LogP contribution in [0.5, 0.6) is 5.75 Å². The summed E-state index contributed by atoms with van der Waals surface area (Å²) in [6.07, 6.45) is 2.24. The van der Waals surface area contributed by atoms with E-state index in [1.807, 2.05) is 24.3 Å². The minimum Gasteiger partial charge on any atom is -0.491 e. The molecule has 1 saturated heterocycles. The Morgan fingerprint density at radius 2 is 2.12 bits per heavy atom. The minimum atomic E-state index is -0.160. The van der Waals surface area contributed by atoms with Gasteiger partial charge in [-0.05, 0) is 48.7 Å². The average Bonchev–Trinajstić information content (AvgIpc) is 3.19. The van der Waals surface area contributed by atoms with Gasteiger partial charge in [0.25, 0.3) is 5.91 Å². The summed E-state index contributed by atoms with van der Waals surface area (Å²) in [7, 11) is 0. The zero-order valence-corrected chi connectivity index (χ0v) is 13.9. The van der Waals surface area contributed by atoms with Crippen molar-refractivity contribution in [1.29, 1.82) is 5.26 Å². The van der Waals surface area contributed by atoms with Crippen LogP contribution in [0.2, 0.25) is 0 Å². The summed E-state index contributed by atoms with van der Waals surface area (Å²) >= 11 is 0. The molecule has 1 heterocycles. The molecule has 2 aromatic rings. The number of hydrogen-bond donors (Lipinski definition) is 1. The Labute approximate surface area is 147 Å². The highest BCUT2D eigenvalue weighted by Crippen LogP contribution is 2.17. The van der Waals surface area contributed by atoms with Gasteiger partial charge in [0.05, 0.1) is 17.7 Å². The molecular weight excluding hydrogens is 316 g/mol. The molecule has 0 saturated carbocycles. The number of nitrogens with one attached hydrogen (secondary N) is 1. The molecule has 1 aliphatic rings. The predicted octanol–water partition coefficient (Wildman–Crippen LogP) is 3.05. The van der Waals surface area contributed by atoms with Gasteiger partial charge >= 0.3 is 0 Å². The Morgan fingerprint density at radius 3 is 2.84 bits per heavy atom. The number of nitriles is 1.